The van der Waals surface area contributed by atoms with Gasteiger partial charge in [-0.3, -0.25) is 4.68 Å². The summed E-state index contributed by atoms with van der Waals surface area (Å²) in [4.78, 5) is 2.05. The van der Waals surface area contributed by atoms with Crippen LogP contribution in [0.4, 0.5) is 0 Å². The Morgan fingerprint density at radius 3 is 2.67 bits per heavy atom. The zero-order valence-electron chi connectivity index (χ0n) is 12.8. The molecule has 0 aliphatic carbocycles. The van der Waals surface area contributed by atoms with Crippen molar-refractivity contribution in [3.8, 4) is 0 Å². The highest BCUT2D eigenvalue weighted by Gasteiger charge is 2.09. The normalized spacial score (nSPS) is 10.4. The van der Waals surface area contributed by atoms with Gasteiger partial charge in [-0.25, -0.2) is 0 Å². The molecule has 4 nitrogen and oxygen atoms in total. The first kappa shape index (κ1) is 15.5. The van der Waals surface area contributed by atoms with Crippen molar-refractivity contribution in [1.29, 1.82) is 0 Å². The Hall–Kier alpha value is -1.88. The van der Waals surface area contributed by atoms with E-state index in [1.54, 1.807) is 0 Å². The molecular formula is C16H22N4S. The van der Waals surface area contributed by atoms with Gasteiger partial charge in [0, 0.05) is 38.4 Å². The number of hydrogen-bond acceptors (Lipinski definition) is 2. The van der Waals surface area contributed by atoms with Crippen LogP contribution < -0.4 is 5.32 Å². The number of aryl methyl sites for hydroxylation is 1. The minimum Gasteiger partial charge on any atom is -0.362 e. The third-order valence-corrected chi connectivity index (χ3v) is 4.08. The fourth-order valence-electron chi connectivity index (χ4n) is 2.12. The fourth-order valence-corrected chi connectivity index (χ4v) is 2.29. The van der Waals surface area contributed by atoms with Crippen LogP contribution in [0.15, 0.2) is 36.5 Å². The second-order valence-electron chi connectivity index (χ2n) is 5.20. The van der Waals surface area contributed by atoms with Gasteiger partial charge in [0.05, 0.1) is 6.20 Å². The van der Waals surface area contributed by atoms with Crippen molar-refractivity contribution in [2.75, 3.05) is 13.6 Å². The van der Waals surface area contributed by atoms with Gasteiger partial charge in [0.1, 0.15) is 0 Å². The lowest BCUT2D eigenvalue weighted by molar-refractivity contribution is 0.487. The predicted octanol–water partition coefficient (Wildman–Crippen LogP) is 2.28. The molecule has 0 radical (unpaired) electrons. The van der Waals surface area contributed by atoms with E-state index in [-0.39, 0.29) is 0 Å². The van der Waals surface area contributed by atoms with Gasteiger partial charge in [-0.05, 0) is 31.1 Å². The van der Waals surface area contributed by atoms with Gasteiger partial charge in [0.2, 0.25) is 0 Å². The molecule has 2 aromatic rings. The van der Waals surface area contributed by atoms with Crippen LogP contribution in [0.3, 0.4) is 0 Å². The Bertz CT molecular complexity index is 592. The van der Waals surface area contributed by atoms with Gasteiger partial charge in [-0.1, -0.05) is 30.3 Å². The highest BCUT2D eigenvalue weighted by atomic mass is 32.1. The maximum absolute atomic E-state index is 5.43. The molecule has 112 valence electrons. The fraction of sp³-hybridized carbons (Fsp3) is 0.375. The lowest BCUT2D eigenvalue weighted by Crippen LogP contribution is -2.37. The van der Waals surface area contributed by atoms with Crippen molar-refractivity contribution in [1.82, 2.24) is 20.0 Å². The summed E-state index contributed by atoms with van der Waals surface area (Å²) >= 11 is 5.43. The van der Waals surface area contributed by atoms with E-state index in [4.69, 9.17) is 12.2 Å². The van der Waals surface area contributed by atoms with Crippen LogP contribution in [0.2, 0.25) is 0 Å². The van der Waals surface area contributed by atoms with Crippen molar-refractivity contribution in [2.24, 2.45) is 7.05 Å². The third kappa shape index (κ3) is 4.29. The van der Waals surface area contributed by atoms with Crippen LogP contribution in [0, 0.1) is 6.92 Å². The van der Waals surface area contributed by atoms with Crippen LogP contribution in [0.25, 0.3) is 0 Å². The standard InChI is InChI=1S/C16H22N4S/c1-13-15(11-18-20(13)3)12-19(2)16(21)17-10-9-14-7-5-4-6-8-14/h4-8,11H,9-10,12H2,1-3H3,(H,17,21). The first-order valence-electron chi connectivity index (χ1n) is 7.08. The SMILES string of the molecule is Cc1c(CN(C)C(=S)NCCc2ccccc2)cnn1C. The summed E-state index contributed by atoms with van der Waals surface area (Å²) in [6.45, 7) is 3.69. The molecule has 0 fully saturated rings. The maximum Gasteiger partial charge on any atom is 0.168 e. The molecule has 0 bridgehead atoms. The highest BCUT2D eigenvalue weighted by Crippen LogP contribution is 2.08. The first-order valence-corrected chi connectivity index (χ1v) is 7.49. The summed E-state index contributed by atoms with van der Waals surface area (Å²) in [5.74, 6) is 0. The monoisotopic (exact) mass is 302 g/mol. The van der Waals surface area contributed by atoms with Crippen molar-refractivity contribution in [2.45, 2.75) is 19.9 Å². The second kappa shape index (κ2) is 7.22. The lowest BCUT2D eigenvalue weighted by atomic mass is 10.1. The van der Waals surface area contributed by atoms with E-state index in [9.17, 15) is 0 Å². The van der Waals surface area contributed by atoms with E-state index in [0.29, 0.717) is 0 Å². The lowest BCUT2D eigenvalue weighted by Gasteiger charge is -2.21. The number of rotatable bonds is 5. The summed E-state index contributed by atoms with van der Waals surface area (Å²) in [5.41, 5.74) is 3.69. The average molecular weight is 302 g/mol. The van der Waals surface area contributed by atoms with E-state index < -0.39 is 0 Å². The van der Waals surface area contributed by atoms with Gasteiger partial charge < -0.3 is 10.2 Å². The molecule has 0 saturated carbocycles. The highest BCUT2D eigenvalue weighted by molar-refractivity contribution is 7.80. The second-order valence-corrected chi connectivity index (χ2v) is 5.59. The van der Waals surface area contributed by atoms with Gasteiger partial charge in [-0.2, -0.15) is 5.10 Å². The van der Waals surface area contributed by atoms with E-state index in [2.05, 4.69) is 41.6 Å². The topological polar surface area (TPSA) is 33.1 Å². The smallest absolute Gasteiger partial charge is 0.168 e. The summed E-state index contributed by atoms with van der Waals surface area (Å²) < 4.78 is 1.88. The van der Waals surface area contributed by atoms with E-state index >= 15 is 0 Å². The Morgan fingerprint density at radius 1 is 1.33 bits per heavy atom. The molecule has 0 aliphatic heterocycles. The molecule has 0 amide bonds. The van der Waals surface area contributed by atoms with Crippen LogP contribution in [0.5, 0.6) is 0 Å². The van der Waals surface area contributed by atoms with Crippen molar-refractivity contribution < 1.29 is 0 Å². The predicted molar refractivity (Wildman–Crippen MR) is 90.2 cm³/mol. The Labute approximate surface area is 131 Å². The summed E-state index contributed by atoms with van der Waals surface area (Å²) in [6, 6.07) is 10.4. The molecule has 21 heavy (non-hydrogen) atoms. The summed E-state index contributed by atoms with van der Waals surface area (Å²) in [5, 5.41) is 8.34. The molecule has 0 aliphatic rings. The number of aromatic nitrogens is 2. The van der Waals surface area contributed by atoms with Gasteiger partial charge in [-0.15, -0.1) is 0 Å². The largest absolute Gasteiger partial charge is 0.362 e. The number of hydrogen-bond donors (Lipinski definition) is 1. The zero-order chi connectivity index (χ0) is 15.2. The summed E-state index contributed by atoms with van der Waals surface area (Å²) in [7, 11) is 3.96. The molecule has 0 unspecified atom stereocenters. The molecular weight excluding hydrogens is 280 g/mol. The Balaban J connectivity index is 1.79. The van der Waals surface area contributed by atoms with Gasteiger partial charge in [0.25, 0.3) is 0 Å². The van der Waals surface area contributed by atoms with Crippen molar-refractivity contribution >= 4 is 17.3 Å². The maximum atomic E-state index is 5.43. The number of nitrogens with zero attached hydrogens (tertiary/aromatic N) is 3. The van der Waals surface area contributed by atoms with Crippen molar-refractivity contribution in [3.63, 3.8) is 0 Å². The molecule has 1 aromatic heterocycles. The van der Waals surface area contributed by atoms with Gasteiger partial charge in [0.15, 0.2) is 5.11 Å². The number of nitrogens with one attached hydrogen (secondary N) is 1. The van der Waals surface area contributed by atoms with E-state index in [1.165, 1.54) is 16.8 Å². The minimum absolute atomic E-state index is 0.772. The van der Waals surface area contributed by atoms with Gasteiger partial charge >= 0.3 is 0 Å². The molecule has 0 spiro atoms. The Kier molecular flexibility index (Phi) is 5.33. The third-order valence-electron chi connectivity index (χ3n) is 3.62. The minimum atomic E-state index is 0.772. The van der Waals surface area contributed by atoms with Crippen LogP contribution in [-0.2, 0) is 20.0 Å². The molecule has 2 rings (SSSR count). The number of thiocarbonyl (C=S) groups is 1. The summed E-state index contributed by atoms with van der Waals surface area (Å²) in [6.07, 6.45) is 2.87. The van der Waals surface area contributed by atoms with Crippen LogP contribution >= 0.6 is 12.2 Å². The average Bonchev–Trinajstić information content (AvgIpc) is 2.80. The molecule has 0 saturated heterocycles. The van der Waals surface area contributed by atoms with Crippen molar-refractivity contribution in [3.05, 3.63) is 53.3 Å². The zero-order valence-corrected chi connectivity index (χ0v) is 13.7. The van der Waals surface area contributed by atoms with E-state index in [1.807, 2.05) is 35.9 Å². The number of benzene rings is 1. The first-order chi connectivity index (χ1) is 10.1. The molecule has 0 atom stereocenters. The molecule has 1 heterocycles. The molecule has 5 heteroatoms. The quantitative estimate of drug-likeness (QED) is 0.859. The van der Waals surface area contributed by atoms with E-state index in [0.717, 1.165) is 24.6 Å². The van der Waals surface area contributed by atoms with Crippen LogP contribution in [-0.4, -0.2) is 33.4 Å². The van der Waals surface area contributed by atoms with Crippen LogP contribution in [0.1, 0.15) is 16.8 Å². The molecule has 1 aromatic carbocycles. The molecule has 1 N–H and O–H groups in total. The Morgan fingerprint density at radius 2 is 2.05 bits per heavy atom.